The number of carbonyl (C=O) groups is 4. The number of benzene rings is 11. The van der Waals surface area contributed by atoms with Crippen molar-refractivity contribution in [2.75, 3.05) is 117 Å². The second-order valence-electron chi connectivity index (χ2n) is 28.7. The molecule has 2 heterocycles. The Balaban J connectivity index is 0.000000223. The molecular formula is C94H100Br5ClN4O29S5. The highest BCUT2D eigenvalue weighted by molar-refractivity contribution is 9.11. The molecule has 0 aliphatic carbocycles. The van der Waals surface area contributed by atoms with E-state index in [0.717, 1.165) is 65.4 Å². The topological polar surface area (TPSA) is 447 Å². The third kappa shape index (κ3) is 30.9. The molecule has 0 bridgehead atoms. The van der Waals surface area contributed by atoms with Gasteiger partial charge >= 0.3 is 23.9 Å². The predicted molar refractivity (Wildman–Crippen MR) is 536 cm³/mol. The van der Waals surface area contributed by atoms with Crippen LogP contribution in [0.15, 0.2) is 247 Å². The number of hydrogen-bond donors (Lipinski definition) is 3. The fourth-order valence-corrected chi connectivity index (χ4v) is 22.3. The Morgan fingerprint density at radius 1 is 0.355 bits per heavy atom. The highest BCUT2D eigenvalue weighted by Crippen LogP contribution is 2.40. The molecule has 0 radical (unpaired) electrons. The Labute approximate surface area is 848 Å². The predicted octanol–water partition coefficient (Wildman–Crippen LogP) is 16.8. The summed E-state index contributed by atoms with van der Waals surface area (Å²) >= 11 is 16.2. The highest BCUT2D eigenvalue weighted by atomic mass is 79.9. The van der Waals surface area contributed by atoms with E-state index in [-0.39, 0.29) is 74.9 Å². The van der Waals surface area contributed by atoms with E-state index >= 15 is 0 Å². The molecule has 33 nitrogen and oxygen atoms in total. The molecule has 0 aromatic heterocycles. The van der Waals surface area contributed by atoms with Crippen LogP contribution in [-0.4, -0.2) is 191 Å². The van der Waals surface area contributed by atoms with Crippen LogP contribution in [0.25, 0.3) is 0 Å². The highest BCUT2D eigenvalue weighted by Gasteiger charge is 2.38. The number of nitrogens with two attached hydrogens (primary N) is 2. The lowest BCUT2D eigenvalue weighted by Gasteiger charge is -2.17. The lowest BCUT2D eigenvalue weighted by molar-refractivity contribution is 0.0587. The average Bonchev–Trinajstić information content (AvgIpc) is 1.60. The Morgan fingerprint density at radius 2 is 0.667 bits per heavy atom. The Hall–Kier alpha value is -10.6. The number of esters is 4. The van der Waals surface area contributed by atoms with Crippen molar-refractivity contribution >= 4 is 169 Å². The standard InChI is InChI=1S/C18H19BrO6S.C18H19NO6S.C17H19BrO5S.C16H16BrNO4S.C9H13NO2.C8H6BrClO4S.C8H8BrNO2/c1-23-14-6-4-12(16(11-14)24-2)8-9-26(21,22)17-7-5-13(19)10-15(17)18(20)25-3;1-23-15-6-4-13(16(9-15)24-2)10-19-11-14-8-12(18(20)25-3)5-7-17(14)26(19,21)22;1-22-15-5-3-12(16(10-15)23-2)7-8-24(20,21)17-6-4-14(18)9-13(17)11-19;1-21-14-5-3-11(15(8-14)22-2)9-18-10-12-7-13(17)4-6-16(12)23(18,19)20;1-11-8-4-3-7(6-10)9(5-8)12-2;1-14-8(11)6-4-5(9)2-3-7(6)15(10,12)13;1-12-8(11)6-4-5(9)2-3-7(6)10/h4-7,10-11H,8-9H2,1-3H3;4-9H,10-11H2,1-3H3;3-6,9-10,19H,7-8,11H2,1-2H3;3-8H,9-10H2,1-2H3;3-5H,6,10H2,1-2H3;2-4H,1H3;2-4H,10H2,1H3. The number of fused-ring (bicyclic) bond motifs is 2. The van der Waals surface area contributed by atoms with Gasteiger partial charge in [0.15, 0.2) is 19.7 Å². The first-order valence-corrected chi connectivity index (χ1v) is 52.8. The third-order valence-corrected chi connectivity index (χ3v) is 31.5. The van der Waals surface area contributed by atoms with Crippen LogP contribution in [0.5, 0.6) is 57.5 Å². The van der Waals surface area contributed by atoms with Gasteiger partial charge in [0, 0.05) is 118 Å². The molecular weight excluding hydrogens is 2240 g/mol. The first-order chi connectivity index (χ1) is 65.4. The van der Waals surface area contributed by atoms with Crippen molar-refractivity contribution in [3.63, 3.8) is 0 Å². The fraction of sp³-hybridized carbons (Fsp3) is 0.255. The maximum absolute atomic E-state index is 12.8. The number of rotatable bonds is 29. The Kier molecular flexibility index (Phi) is 44.0. The number of methoxy groups -OCH3 is 14. The first-order valence-electron chi connectivity index (χ1n) is 40.3. The van der Waals surface area contributed by atoms with E-state index in [4.69, 9.17) is 79.0 Å². The number of aliphatic hydroxyl groups excluding tert-OH is 1. The van der Waals surface area contributed by atoms with E-state index in [1.165, 1.54) is 99.8 Å². The Morgan fingerprint density at radius 3 is 1.05 bits per heavy atom. The smallest absolute Gasteiger partial charge is 0.339 e. The summed E-state index contributed by atoms with van der Waals surface area (Å²) in [5.74, 6) is 3.77. The van der Waals surface area contributed by atoms with Crippen LogP contribution in [0.4, 0.5) is 5.69 Å². The number of nitrogen functional groups attached to an aromatic ring is 1. The van der Waals surface area contributed by atoms with E-state index in [2.05, 4.69) is 89.1 Å². The number of sulfone groups is 2. The summed E-state index contributed by atoms with van der Waals surface area (Å²) in [6.07, 6.45) is 0.530. The van der Waals surface area contributed by atoms with E-state index in [0.29, 0.717) is 107 Å². The maximum atomic E-state index is 12.8. The van der Waals surface area contributed by atoms with Gasteiger partial charge in [-0.25, -0.2) is 61.3 Å². The molecule has 0 unspecified atom stereocenters. The number of nitrogens with zero attached hydrogens (tertiary/aromatic N) is 2. The summed E-state index contributed by atoms with van der Waals surface area (Å²) < 4.78 is 201. The number of hydrogen-bond acceptors (Lipinski definition) is 31. The number of aryl methyl sites for hydroxylation is 2. The van der Waals surface area contributed by atoms with Crippen molar-refractivity contribution in [3.8, 4) is 57.5 Å². The lowest BCUT2D eigenvalue weighted by Crippen LogP contribution is -2.24. The van der Waals surface area contributed by atoms with Crippen LogP contribution in [-0.2, 0) is 120 Å². The molecule has 742 valence electrons. The minimum atomic E-state index is -3.95. The molecule has 2 aliphatic heterocycles. The second-order valence-corrected chi connectivity index (χ2v) is 43.8. The number of halogens is 6. The van der Waals surface area contributed by atoms with Gasteiger partial charge in [0.1, 0.15) is 57.5 Å². The zero-order chi connectivity index (χ0) is 102. The zero-order valence-electron chi connectivity index (χ0n) is 76.9. The first kappa shape index (κ1) is 114. The second kappa shape index (κ2) is 53.1. The minimum absolute atomic E-state index is 0.00331. The van der Waals surface area contributed by atoms with E-state index in [1.54, 1.807) is 171 Å². The van der Waals surface area contributed by atoms with Crippen LogP contribution in [0.1, 0.15) is 85.9 Å². The van der Waals surface area contributed by atoms with Gasteiger partial charge in [0.25, 0.3) is 9.05 Å². The quantitative estimate of drug-likeness (QED) is 0.0170. The summed E-state index contributed by atoms with van der Waals surface area (Å²) in [5, 5.41) is 9.41. The Bertz CT molecular complexity index is 6790. The zero-order valence-corrected chi connectivity index (χ0v) is 89.6. The molecule has 13 rings (SSSR count). The number of anilines is 1. The van der Waals surface area contributed by atoms with Gasteiger partial charge in [0.2, 0.25) is 20.0 Å². The number of carbonyl (C=O) groups excluding carboxylic acids is 4. The monoisotopic (exact) mass is 2340 g/mol. The van der Waals surface area contributed by atoms with Crippen LogP contribution in [0.2, 0.25) is 0 Å². The summed E-state index contributed by atoms with van der Waals surface area (Å²) in [6.45, 7) is 1.08. The van der Waals surface area contributed by atoms with Crippen molar-refractivity contribution in [2.24, 2.45) is 5.73 Å². The molecule has 11 aromatic carbocycles. The van der Waals surface area contributed by atoms with Gasteiger partial charge in [-0.3, -0.25) is 0 Å². The van der Waals surface area contributed by atoms with Gasteiger partial charge in [-0.2, -0.15) is 8.61 Å². The van der Waals surface area contributed by atoms with Crippen LogP contribution in [0.3, 0.4) is 0 Å². The lowest BCUT2D eigenvalue weighted by atomic mass is 10.1. The fourth-order valence-electron chi connectivity index (χ4n) is 13.2. The van der Waals surface area contributed by atoms with Gasteiger partial charge in [-0.1, -0.05) is 110 Å². The van der Waals surface area contributed by atoms with Gasteiger partial charge in [-0.15, -0.1) is 0 Å². The van der Waals surface area contributed by atoms with Crippen molar-refractivity contribution in [1.29, 1.82) is 0 Å². The van der Waals surface area contributed by atoms with Crippen molar-refractivity contribution in [2.45, 2.75) is 76.6 Å². The normalized spacial score (nSPS) is 12.5. The summed E-state index contributed by atoms with van der Waals surface area (Å²) in [5.41, 5.74) is 17.8. The van der Waals surface area contributed by atoms with E-state index in [1.807, 2.05) is 30.3 Å². The molecule has 11 aromatic rings. The molecule has 0 saturated heterocycles. The van der Waals surface area contributed by atoms with Gasteiger partial charge in [-0.05, 0) is 180 Å². The molecule has 0 amide bonds. The van der Waals surface area contributed by atoms with Crippen LogP contribution in [0, 0.1) is 0 Å². The average molecular weight is 2350 g/mol. The molecule has 0 spiro atoms. The van der Waals surface area contributed by atoms with E-state index in [9.17, 15) is 66.4 Å². The molecule has 138 heavy (non-hydrogen) atoms. The third-order valence-electron chi connectivity index (χ3n) is 20.3. The SMILES string of the molecule is COC(=O)c1cc(Br)ccc1N.COC(=O)c1cc(Br)ccc1S(=O)(=O)CCc1ccc(OC)cc1OC.COC(=O)c1cc(Br)ccc1S(=O)(=O)Cl.COC(=O)c1ccc2c(c1)CN(Cc1ccc(OC)cc1OC)S2(=O)=O.COc1ccc(CCS(=O)(=O)c2ccc(Br)cc2CO)c(OC)c1.COc1ccc(CN)c(OC)c1.COc1ccc(CN2Cc3cc(Br)ccc3S2(=O)=O)c(OC)c1. The maximum Gasteiger partial charge on any atom is 0.339 e. The van der Waals surface area contributed by atoms with Crippen molar-refractivity contribution in [3.05, 3.63) is 289 Å². The van der Waals surface area contributed by atoms with Crippen molar-refractivity contribution in [1.82, 2.24) is 8.61 Å². The number of sulfonamides is 2. The minimum Gasteiger partial charge on any atom is -0.497 e. The largest absolute Gasteiger partial charge is 0.497 e. The van der Waals surface area contributed by atoms with Crippen LogP contribution >= 0.6 is 90.3 Å². The summed E-state index contributed by atoms with van der Waals surface area (Å²) in [4.78, 5) is 46.4. The number of aliphatic hydroxyl groups is 1. The molecule has 0 saturated carbocycles. The number of ether oxygens (including phenoxy) is 14. The molecule has 2 aliphatic rings. The van der Waals surface area contributed by atoms with Gasteiger partial charge in [0.05, 0.1) is 164 Å². The van der Waals surface area contributed by atoms with Crippen molar-refractivity contribution < 1.29 is 133 Å². The summed E-state index contributed by atoms with van der Waals surface area (Å²) in [7, 11) is 7.43. The van der Waals surface area contributed by atoms with Gasteiger partial charge < -0.3 is 82.9 Å². The van der Waals surface area contributed by atoms with Crippen LogP contribution < -0.4 is 58.8 Å². The van der Waals surface area contributed by atoms with E-state index < -0.39 is 72.6 Å². The molecule has 0 fully saturated rings. The molecule has 0 atom stereocenters. The molecule has 5 N–H and O–H groups in total. The molecule has 44 heteroatoms. The summed E-state index contributed by atoms with van der Waals surface area (Å²) in [6, 6.07) is 54.6.